The maximum Gasteiger partial charge on any atom is 0.153 e. The van der Waals surface area contributed by atoms with Crippen LogP contribution in [0.3, 0.4) is 0 Å². The van der Waals surface area contributed by atoms with Gasteiger partial charge >= 0.3 is 0 Å². The Morgan fingerprint density at radius 2 is 1.95 bits per heavy atom. The van der Waals surface area contributed by atoms with E-state index < -0.39 is 0 Å². The van der Waals surface area contributed by atoms with E-state index >= 15 is 0 Å². The van der Waals surface area contributed by atoms with Crippen molar-refractivity contribution in [3.05, 3.63) is 54.4 Å². The molecule has 0 aliphatic rings. The minimum atomic E-state index is 0.477. The van der Waals surface area contributed by atoms with Gasteiger partial charge in [-0.1, -0.05) is 38.1 Å². The van der Waals surface area contributed by atoms with E-state index in [0.29, 0.717) is 6.04 Å². The fraction of sp³-hybridized carbons (Fsp3) is 0.250. The van der Waals surface area contributed by atoms with Crippen molar-refractivity contribution in [2.75, 3.05) is 0 Å². The smallest absolute Gasteiger partial charge is 0.153 e. The molecular formula is C16H18N4. The molecule has 0 amide bonds. The van der Waals surface area contributed by atoms with Gasteiger partial charge in [-0.3, -0.25) is 0 Å². The fourth-order valence-electron chi connectivity index (χ4n) is 2.12. The van der Waals surface area contributed by atoms with E-state index in [-0.39, 0.29) is 0 Å². The summed E-state index contributed by atoms with van der Waals surface area (Å²) in [5.41, 5.74) is 2.26. The first-order valence-electron chi connectivity index (χ1n) is 6.85. The van der Waals surface area contributed by atoms with Crippen LogP contribution in [-0.4, -0.2) is 20.8 Å². The molecule has 3 aromatic rings. The molecule has 20 heavy (non-hydrogen) atoms. The Bertz CT molecular complexity index is 698. The number of nitrogens with one attached hydrogen (secondary N) is 1. The van der Waals surface area contributed by atoms with E-state index in [2.05, 4.69) is 47.4 Å². The highest BCUT2D eigenvalue weighted by molar-refractivity contribution is 5.79. The van der Waals surface area contributed by atoms with Crippen LogP contribution in [0.4, 0.5) is 0 Å². The highest BCUT2D eigenvalue weighted by Gasteiger charge is 2.05. The quantitative estimate of drug-likeness (QED) is 0.789. The Balaban J connectivity index is 1.87. The Morgan fingerprint density at radius 1 is 1.10 bits per heavy atom. The molecule has 0 saturated heterocycles. The van der Waals surface area contributed by atoms with Crippen LogP contribution in [0.1, 0.15) is 19.4 Å². The van der Waals surface area contributed by atoms with Crippen molar-refractivity contribution in [3.8, 4) is 5.82 Å². The summed E-state index contributed by atoms with van der Waals surface area (Å²) >= 11 is 0. The lowest BCUT2D eigenvalue weighted by atomic mass is 10.2. The summed E-state index contributed by atoms with van der Waals surface area (Å²) in [4.78, 5) is 4.51. The van der Waals surface area contributed by atoms with E-state index in [1.54, 1.807) is 0 Å². The molecular weight excluding hydrogens is 248 g/mol. The van der Waals surface area contributed by atoms with Gasteiger partial charge in [-0.2, -0.15) is 5.10 Å². The number of pyridine rings is 1. The Hall–Kier alpha value is -2.20. The first-order valence-corrected chi connectivity index (χ1v) is 6.85. The van der Waals surface area contributed by atoms with Crippen molar-refractivity contribution >= 4 is 10.9 Å². The fourth-order valence-corrected chi connectivity index (χ4v) is 2.12. The summed E-state index contributed by atoms with van der Waals surface area (Å²) in [7, 11) is 0. The highest BCUT2D eigenvalue weighted by Crippen LogP contribution is 2.16. The predicted octanol–water partition coefficient (Wildman–Crippen LogP) is 2.92. The molecule has 0 atom stereocenters. The molecule has 2 heterocycles. The molecule has 1 aromatic carbocycles. The number of hydrogen-bond acceptors (Lipinski definition) is 3. The third kappa shape index (κ3) is 2.56. The average molecular weight is 266 g/mol. The number of nitrogens with zero attached hydrogens (tertiary/aromatic N) is 3. The minimum Gasteiger partial charge on any atom is -0.310 e. The van der Waals surface area contributed by atoms with E-state index in [1.165, 1.54) is 5.56 Å². The molecule has 0 radical (unpaired) electrons. The molecule has 0 fully saturated rings. The summed E-state index contributed by atoms with van der Waals surface area (Å²) in [5.74, 6) is 0.847. The lowest BCUT2D eigenvalue weighted by Gasteiger charge is -2.08. The SMILES string of the molecule is CC(C)NCc1ccc(-n2ncc3ccccc32)nc1. The topological polar surface area (TPSA) is 42.7 Å². The number of hydrogen-bond donors (Lipinski definition) is 1. The van der Waals surface area contributed by atoms with Crippen molar-refractivity contribution in [3.63, 3.8) is 0 Å². The normalized spacial score (nSPS) is 11.3. The van der Waals surface area contributed by atoms with Crippen molar-refractivity contribution in [2.24, 2.45) is 0 Å². The number of para-hydroxylation sites is 1. The van der Waals surface area contributed by atoms with Crippen LogP contribution in [0.2, 0.25) is 0 Å². The molecule has 0 bridgehead atoms. The summed E-state index contributed by atoms with van der Waals surface area (Å²) in [5, 5.41) is 8.92. The first-order chi connectivity index (χ1) is 9.74. The van der Waals surface area contributed by atoms with Crippen molar-refractivity contribution in [1.29, 1.82) is 0 Å². The third-order valence-electron chi connectivity index (χ3n) is 3.22. The van der Waals surface area contributed by atoms with Gasteiger partial charge in [0.25, 0.3) is 0 Å². The predicted molar refractivity (Wildman–Crippen MR) is 80.8 cm³/mol. The average Bonchev–Trinajstić information content (AvgIpc) is 2.89. The third-order valence-corrected chi connectivity index (χ3v) is 3.22. The van der Waals surface area contributed by atoms with Gasteiger partial charge in [-0.05, 0) is 17.7 Å². The first kappa shape index (κ1) is 12.8. The molecule has 102 valence electrons. The van der Waals surface area contributed by atoms with E-state index in [0.717, 1.165) is 23.3 Å². The van der Waals surface area contributed by atoms with Gasteiger partial charge in [-0.25, -0.2) is 9.67 Å². The van der Waals surface area contributed by atoms with Crippen LogP contribution in [-0.2, 0) is 6.54 Å². The molecule has 1 N–H and O–H groups in total. The second kappa shape index (κ2) is 5.43. The van der Waals surface area contributed by atoms with Crippen LogP contribution < -0.4 is 5.32 Å². The zero-order valence-electron chi connectivity index (χ0n) is 11.7. The largest absolute Gasteiger partial charge is 0.310 e. The highest BCUT2D eigenvalue weighted by atomic mass is 15.3. The number of benzene rings is 1. The molecule has 4 nitrogen and oxygen atoms in total. The van der Waals surface area contributed by atoms with Crippen LogP contribution in [0.15, 0.2) is 48.8 Å². The van der Waals surface area contributed by atoms with E-state index in [4.69, 9.17) is 0 Å². The van der Waals surface area contributed by atoms with Crippen LogP contribution in [0, 0.1) is 0 Å². The summed E-state index contributed by atoms with van der Waals surface area (Å²) in [6.45, 7) is 5.11. The van der Waals surface area contributed by atoms with Gasteiger partial charge in [0.05, 0.1) is 11.7 Å². The minimum absolute atomic E-state index is 0.477. The summed E-state index contributed by atoms with van der Waals surface area (Å²) in [6, 6.07) is 12.7. The van der Waals surface area contributed by atoms with Gasteiger partial charge < -0.3 is 5.32 Å². The molecule has 0 aliphatic carbocycles. The van der Waals surface area contributed by atoms with Gasteiger partial charge in [0.2, 0.25) is 0 Å². The van der Waals surface area contributed by atoms with Crippen molar-refractivity contribution in [2.45, 2.75) is 26.4 Å². The molecule has 0 spiro atoms. The number of aromatic nitrogens is 3. The molecule has 3 rings (SSSR count). The molecule has 0 unspecified atom stereocenters. The zero-order chi connectivity index (χ0) is 13.9. The standard InChI is InChI=1S/C16H18N4/c1-12(2)17-9-13-7-8-16(18-10-13)20-15-6-4-3-5-14(15)11-19-20/h3-8,10-12,17H,9H2,1-2H3. The Kier molecular flexibility index (Phi) is 3.48. The second-order valence-corrected chi connectivity index (χ2v) is 5.18. The van der Waals surface area contributed by atoms with Crippen LogP contribution in [0.5, 0.6) is 0 Å². The number of fused-ring (bicyclic) bond motifs is 1. The number of rotatable bonds is 4. The van der Waals surface area contributed by atoms with Gasteiger partial charge in [0, 0.05) is 24.2 Å². The Morgan fingerprint density at radius 3 is 2.70 bits per heavy atom. The van der Waals surface area contributed by atoms with E-state index in [1.807, 2.05) is 35.3 Å². The molecule has 0 saturated carbocycles. The summed E-state index contributed by atoms with van der Waals surface area (Å²) in [6.07, 6.45) is 3.77. The van der Waals surface area contributed by atoms with Crippen molar-refractivity contribution < 1.29 is 0 Å². The monoisotopic (exact) mass is 266 g/mol. The van der Waals surface area contributed by atoms with Crippen molar-refractivity contribution in [1.82, 2.24) is 20.1 Å². The second-order valence-electron chi connectivity index (χ2n) is 5.18. The lowest BCUT2D eigenvalue weighted by molar-refractivity contribution is 0.588. The van der Waals surface area contributed by atoms with Gasteiger partial charge in [-0.15, -0.1) is 0 Å². The summed E-state index contributed by atoms with van der Waals surface area (Å²) < 4.78 is 1.87. The van der Waals surface area contributed by atoms with E-state index in [9.17, 15) is 0 Å². The molecule has 2 aromatic heterocycles. The van der Waals surface area contributed by atoms with Crippen LogP contribution >= 0.6 is 0 Å². The molecule has 4 heteroatoms. The maximum atomic E-state index is 4.51. The zero-order valence-corrected chi connectivity index (χ0v) is 11.7. The van der Waals surface area contributed by atoms with Gasteiger partial charge in [0.1, 0.15) is 0 Å². The maximum absolute atomic E-state index is 4.51. The van der Waals surface area contributed by atoms with Crippen LogP contribution in [0.25, 0.3) is 16.7 Å². The Labute approximate surface area is 118 Å². The molecule has 0 aliphatic heterocycles. The lowest BCUT2D eigenvalue weighted by Crippen LogP contribution is -2.21. The van der Waals surface area contributed by atoms with Gasteiger partial charge in [0.15, 0.2) is 5.82 Å².